The molecule has 1 aliphatic heterocycles. The Labute approximate surface area is 201 Å². The first kappa shape index (κ1) is 26.7. The molecule has 0 spiro atoms. The second-order valence-electron chi connectivity index (χ2n) is 9.83. The van der Waals surface area contributed by atoms with Crippen LogP contribution in [-0.2, 0) is 25.7 Å². The zero-order valence-electron chi connectivity index (χ0n) is 20.1. The predicted molar refractivity (Wildman–Crippen MR) is 124 cm³/mol. The van der Waals surface area contributed by atoms with Crippen molar-refractivity contribution in [1.29, 1.82) is 0 Å². The molecular weight excluding hydrogens is 442 g/mol. The van der Waals surface area contributed by atoms with Crippen molar-refractivity contribution in [2.75, 3.05) is 0 Å². The van der Waals surface area contributed by atoms with E-state index in [1.807, 2.05) is 37.3 Å². The number of benzene rings is 1. The van der Waals surface area contributed by atoms with Crippen molar-refractivity contribution in [3.05, 3.63) is 35.9 Å². The van der Waals surface area contributed by atoms with Crippen LogP contribution in [0, 0.1) is 11.8 Å². The topological polar surface area (TPSA) is 72.8 Å². The minimum Gasteiger partial charge on any atom is -0.461 e. The molecule has 1 saturated heterocycles. The van der Waals surface area contributed by atoms with Crippen LogP contribution >= 0.6 is 0 Å². The van der Waals surface area contributed by atoms with Crippen molar-refractivity contribution in [2.24, 2.45) is 11.8 Å². The molecule has 7 heteroatoms. The summed E-state index contributed by atoms with van der Waals surface area (Å²) < 4.78 is 39.9. The average molecular weight is 481 g/mol. The van der Waals surface area contributed by atoms with E-state index >= 15 is 0 Å². The molecule has 0 aromatic heterocycles. The molecule has 1 saturated carbocycles. The molecule has 2 fully saturated rings. The van der Waals surface area contributed by atoms with Crippen LogP contribution in [0.15, 0.2) is 30.3 Å². The fourth-order valence-corrected chi connectivity index (χ4v) is 5.22. The Hall–Kier alpha value is -1.86. The van der Waals surface area contributed by atoms with Gasteiger partial charge in [-0.15, -0.1) is 0 Å². The molecule has 0 amide bonds. The Morgan fingerprint density at radius 2 is 1.91 bits per heavy atom. The van der Waals surface area contributed by atoms with Gasteiger partial charge in [-0.05, 0) is 37.2 Å². The smallest absolute Gasteiger partial charge is 0.306 e. The van der Waals surface area contributed by atoms with E-state index in [-0.39, 0.29) is 43.0 Å². The fourth-order valence-electron chi connectivity index (χ4n) is 5.22. The van der Waals surface area contributed by atoms with Crippen molar-refractivity contribution in [3.8, 4) is 0 Å². The number of unbranched alkanes of at least 4 members (excludes halogenated alkanes) is 4. The van der Waals surface area contributed by atoms with Gasteiger partial charge in [0.25, 0.3) is 0 Å². The summed E-state index contributed by atoms with van der Waals surface area (Å²) in [5.74, 6) is -6.21. The Bertz CT molecular complexity index is 799. The number of carbonyl (C=O) groups is 2. The van der Waals surface area contributed by atoms with Crippen molar-refractivity contribution in [3.63, 3.8) is 0 Å². The Morgan fingerprint density at radius 1 is 1.18 bits per heavy atom. The summed E-state index contributed by atoms with van der Waals surface area (Å²) in [6.45, 7) is 2.11. The number of fused-ring (bicyclic) bond motifs is 1. The summed E-state index contributed by atoms with van der Waals surface area (Å²) in [4.78, 5) is 24.4. The molecule has 4 atom stereocenters. The molecule has 5 nitrogen and oxygen atoms in total. The zero-order valence-corrected chi connectivity index (χ0v) is 20.1. The van der Waals surface area contributed by atoms with Crippen LogP contribution in [0.25, 0.3) is 0 Å². The third kappa shape index (κ3) is 6.85. The standard InChI is InChI=1S/C27H38F2O5/c1-2-3-16-26(28,29)27(32)17-15-22-21(23(30)18-24(22)34-27)13-9-4-5-10-14-25(31)33-19-20-11-7-6-8-12-20/h6-8,11-12,21-22,24,32H,2-5,9-10,13-19H2,1H3/t21?,22-,24?,27-/m1/s1. The van der Waals surface area contributed by atoms with Gasteiger partial charge in [0.2, 0.25) is 5.79 Å². The van der Waals surface area contributed by atoms with E-state index in [0.717, 1.165) is 31.2 Å². The summed E-state index contributed by atoms with van der Waals surface area (Å²) in [5.41, 5.74) is 0.963. The SMILES string of the molecule is CCCCC(F)(F)[C@@]1(O)CC[C@H]2C(CC(=O)C2CCCCCCC(=O)OCc2ccccc2)O1. The number of rotatable bonds is 13. The summed E-state index contributed by atoms with van der Waals surface area (Å²) in [6.07, 6.45) is 4.68. The van der Waals surface area contributed by atoms with Gasteiger partial charge in [0.1, 0.15) is 12.4 Å². The van der Waals surface area contributed by atoms with Gasteiger partial charge >= 0.3 is 11.9 Å². The van der Waals surface area contributed by atoms with Crippen LogP contribution in [0.5, 0.6) is 0 Å². The molecule has 34 heavy (non-hydrogen) atoms. The number of ketones is 1. The van der Waals surface area contributed by atoms with Gasteiger partial charge in [-0.25, -0.2) is 8.78 Å². The van der Waals surface area contributed by atoms with E-state index in [4.69, 9.17) is 9.47 Å². The number of ether oxygens (including phenoxy) is 2. The minimum atomic E-state index is -3.31. The lowest BCUT2D eigenvalue weighted by Gasteiger charge is -2.43. The highest BCUT2D eigenvalue weighted by Crippen LogP contribution is 2.49. The monoisotopic (exact) mass is 480 g/mol. The molecule has 3 rings (SSSR count). The fraction of sp³-hybridized carbons (Fsp3) is 0.704. The largest absolute Gasteiger partial charge is 0.461 e. The number of alkyl halides is 2. The van der Waals surface area contributed by atoms with Crippen LogP contribution in [0.2, 0.25) is 0 Å². The van der Waals surface area contributed by atoms with Gasteiger partial charge in [-0.2, -0.15) is 0 Å². The van der Waals surface area contributed by atoms with Crippen LogP contribution in [0.3, 0.4) is 0 Å². The molecule has 190 valence electrons. The molecule has 1 heterocycles. The Kier molecular flexibility index (Phi) is 9.60. The van der Waals surface area contributed by atoms with Crippen molar-refractivity contribution >= 4 is 11.8 Å². The number of Topliss-reactive ketones (excluding diaryl/α,β-unsaturated/α-hetero) is 1. The summed E-state index contributed by atoms with van der Waals surface area (Å²) in [5, 5.41) is 10.5. The number of hydrogen-bond acceptors (Lipinski definition) is 5. The van der Waals surface area contributed by atoms with Gasteiger partial charge in [0, 0.05) is 31.6 Å². The summed E-state index contributed by atoms with van der Waals surface area (Å²) in [6, 6.07) is 9.56. The summed E-state index contributed by atoms with van der Waals surface area (Å²) in [7, 11) is 0. The third-order valence-corrected chi connectivity index (χ3v) is 7.28. The lowest BCUT2D eigenvalue weighted by molar-refractivity contribution is -0.356. The van der Waals surface area contributed by atoms with E-state index in [1.165, 1.54) is 0 Å². The van der Waals surface area contributed by atoms with Crippen LogP contribution < -0.4 is 0 Å². The number of halogens is 2. The number of hydrogen-bond donors (Lipinski definition) is 1. The number of carbonyl (C=O) groups excluding carboxylic acids is 2. The highest BCUT2D eigenvalue weighted by molar-refractivity contribution is 5.84. The Morgan fingerprint density at radius 3 is 2.65 bits per heavy atom. The second kappa shape index (κ2) is 12.2. The van der Waals surface area contributed by atoms with E-state index in [2.05, 4.69) is 0 Å². The quantitative estimate of drug-likeness (QED) is 0.278. The molecule has 2 aliphatic rings. The molecule has 1 aromatic rings. The van der Waals surface area contributed by atoms with Crippen LogP contribution in [0.1, 0.15) is 89.5 Å². The van der Waals surface area contributed by atoms with Gasteiger partial charge in [0.15, 0.2) is 0 Å². The Balaban J connectivity index is 1.34. The highest BCUT2D eigenvalue weighted by atomic mass is 19.3. The van der Waals surface area contributed by atoms with Gasteiger partial charge in [0.05, 0.1) is 6.10 Å². The van der Waals surface area contributed by atoms with Crippen molar-refractivity contribution in [2.45, 2.75) is 108 Å². The first-order chi connectivity index (χ1) is 16.3. The van der Waals surface area contributed by atoms with E-state index in [1.54, 1.807) is 0 Å². The molecule has 1 N–H and O–H groups in total. The third-order valence-electron chi connectivity index (χ3n) is 7.28. The van der Waals surface area contributed by atoms with Crippen LogP contribution in [-0.4, -0.2) is 34.7 Å². The van der Waals surface area contributed by atoms with Crippen LogP contribution in [0.4, 0.5) is 8.78 Å². The highest BCUT2D eigenvalue weighted by Gasteiger charge is 2.59. The van der Waals surface area contributed by atoms with E-state index in [9.17, 15) is 23.5 Å². The molecular formula is C27H38F2O5. The molecule has 2 unspecified atom stereocenters. The van der Waals surface area contributed by atoms with E-state index < -0.39 is 24.2 Å². The first-order valence-electron chi connectivity index (χ1n) is 12.8. The normalized spacial score (nSPS) is 26.9. The minimum absolute atomic E-state index is 0.0561. The first-order valence-corrected chi connectivity index (χ1v) is 12.8. The molecule has 1 aliphatic carbocycles. The lowest BCUT2D eigenvalue weighted by atomic mass is 9.81. The van der Waals surface area contributed by atoms with Gasteiger partial charge in [-0.1, -0.05) is 62.9 Å². The number of aliphatic hydroxyl groups is 1. The van der Waals surface area contributed by atoms with Crippen molar-refractivity contribution < 1.29 is 33.0 Å². The second-order valence-corrected chi connectivity index (χ2v) is 9.83. The molecule has 0 bridgehead atoms. The maximum Gasteiger partial charge on any atom is 0.306 e. The summed E-state index contributed by atoms with van der Waals surface area (Å²) >= 11 is 0. The maximum absolute atomic E-state index is 14.6. The number of esters is 1. The predicted octanol–water partition coefficient (Wildman–Crippen LogP) is 5.97. The molecule has 0 radical (unpaired) electrons. The maximum atomic E-state index is 14.6. The van der Waals surface area contributed by atoms with Gasteiger partial charge < -0.3 is 14.6 Å². The lowest BCUT2D eigenvalue weighted by Crippen LogP contribution is -2.55. The average Bonchev–Trinajstić information content (AvgIpc) is 3.12. The zero-order chi connectivity index (χ0) is 24.6. The van der Waals surface area contributed by atoms with Crippen molar-refractivity contribution in [1.82, 2.24) is 0 Å². The van der Waals surface area contributed by atoms with E-state index in [0.29, 0.717) is 32.1 Å². The molecule has 1 aromatic carbocycles. The van der Waals surface area contributed by atoms with Gasteiger partial charge in [-0.3, -0.25) is 9.59 Å².